The molecule has 78 valence electrons. The number of hydrogen-bond donors (Lipinski definition) is 1. The monoisotopic (exact) mass is 220 g/mol. The van der Waals surface area contributed by atoms with Gasteiger partial charge in [0.25, 0.3) is 0 Å². The van der Waals surface area contributed by atoms with Gasteiger partial charge in [0, 0.05) is 6.20 Å². The highest BCUT2D eigenvalue weighted by molar-refractivity contribution is 7.99. The number of hydrogen-bond acceptors (Lipinski definition) is 4. The Morgan fingerprint density at radius 3 is 3.00 bits per heavy atom. The van der Waals surface area contributed by atoms with Gasteiger partial charge in [-0.15, -0.1) is 11.8 Å². The number of thioether (sulfide) groups is 1. The van der Waals surface area contributed by atoms with Gasteiger partial charge < -0.3 is 5.73 Å². The summed E-state index contributed by atoms with van der Waals surface area (Å²) in [4.78, 5) is 5.20. The lowest BCUT2D eigenvalue weighted by molar-refractivity contribution is 0.857. The van der Waals surface area contributed by atoms with Gasteiger partial charge in [0.2, 0.25) is 0 Å². The molecule has 2 aromatic rings. The summed E-state index contributed by atoms with van der Waals surface area (Å²) in [7, 11) is 0. The van der Waals surface area contributed by atoms with Crippen molar-refractivity contribution in [3.05, 3.63) is 30.6 Å². The number of rotatable bonds is 3. The van der Waals surface area contributed by atoms with Crippen molar-refractivity contribution >= 4 is 17.6 Å². The molecule has 4 nitrogen and oxygen atoms in total. The third-order valence-electron chi connectivity index (χ3n) is 1.94. The molecule has 0 spiro atoms. The van der Waals surface area contributed by atoms with Crippen LogP contribution >= 0.6 is 11.8 Å². The van der Waals surface area contributed by atoms with Crippen molar-refractivity contribution < 1.29 is 0 Å². The molecule has 0 aliphatic heterocycles. The zero-order valence-electron chi connectivity index (χ0n) is 8.42. The number of pyridine rings is 1. The van der Waals surface area contributed by atoms with E-state index in [4.69, 9.17) is 5.73 Å². The van der Waals surface area contributed by atoms with Crippen LogP contribution in [0.25, 0.3) is 5.82 Å². The van der Waals surface area contributed by atoms with Gasteiger partial charge in [-0.2, -0.15) is 9.78 Å². The van der Waals surface area contributed by atoms with E-state index in [1.807, 2.05) is 18.2 Å². The van der Waals surface area contributed by atoms with Gasteiger partial charge in [-0.1, -0.05) is 13.0 Å². The summed E-state index contributed by atoms with van der Waals surface area (Å²) in [5, 5.41) is 4.21. The molecule has 0 amide bonds. The molecular weight excluding hydrogens is 208 g/mol. The van der Waals surface area contributed by atoms with E-state index in [0.717, 1.165) is 16.5 Å². The van der Waals surface area contributed by atoms with Crippen molar-refractivity contribution in [3.8, 4) is 5.82 Å². The van der Waals surface area contributed by atoms with Crippen LogP contribution in [0.4, 0.5) is 5.82 Å². The van der Waals surface area contributed by atoms with E-state index in [1.54, 1.807) is 28.8 Å². The number of aromatic nitrogens is 3. The highest BCUT2D eigenvalue weighted by Gasteiger charge is 2.08. The van der Waals surface area contributed by atoms with Gasteiger partial charge in [0.15, 0.2) is 5.82 Å². The number of anilines is 1. The third-order valence-corrected chi connectivity index (χ3v) is 2.85. The fourth-order valence-corrected chi connectivity index (χ4v) is 1.94. The molecule has 0 aliphatic carbocycles. The number of nitrogen functional groups attached to an aromatic ring is 1. The molecule has 2 aromatic heterocycles. The summed E-state index contributed by atoms with van der Waals surface area (Å²) in [6, 6.07) is 5.66. The second-order valence-electron chi connectivity index (χ2n) is 2.93. The van der Waals surface area contributed by atoms with Gasteiger partial charge in [0.05, 0.1) is 11.1 Å². The lowest BCUT2D eigenvalue weighted by Crippen LogP contribution is -2.03. The van der Waals surface area contributed by atoms with Crippen LogP contribution in [0.2, 0.25) is 0 Å². The largest absolute Gasteiger partial charge is 0.383 e. The average molecular weight is 220 g/mol. The van der Waals surface area contributed by atoms with Crippen LogP contribution in [-0.2, 0) is 0 Å². The summed E-state index contributed by atoms with van der Waals surface area (Å²) < 4.78 is 1.65. The van der Waals surface area contributed by atoms with E-state index in [9.17, 15) is 0 Å². The molecule has 0 aliphatic rings. The molecule has 2 heterocycles. The van der Waals surface area contributed by atoms with E-state index < -0.39 is 0 Å². The van der Waals surface area contributed by atoms with E-state index in [1.165, 1.54) is 0 Å². The van der Waals surface area contributed by atoms with Crippen molar-refractivity contribution in [1.29, 1.82) is 0 Å². The number of nitrogens with zero attached hydrogens (tertiary/aromatic N) is 3. The first-order valence-corrected chi connectivity index (χ1v) is 5.69. The van der Waals surface area contributed by atoms with Gasteiger partial charge in [-0.25, -0.2) is 4.98 Å². The molecule has 2 rings (SSSR count). The molecule has 5 heteroatoms. The van der Waals surface area contributed by atoms with Crippen LogP contribution in [-0.4, -0.2) is 20.5 Å². The van der Waals surface area contributed by atoms with E-state index in [2.05, 4.69) is 17.0 Å². The second kappa shape index (κ2) is 4.35. The lowest BCUT2D eigenvalue weighted by Gasteiger charge is -2.02. The van der Waals surface area contributed by atoms with Crippen LogP contribution < -0.4 is 5.73 Å². The molecule has 0 fully saturated rings. The summed E-state index contributed by atoms with van der Waals surface area (Å²) >= 11 is 1.68. The quantitative estimate of drug-likeness (QED) is 0.803. The smallest absolute Gasteiger partial charge is 0.155 e. The first kappa shape index (κ1) is 10.0. The maximum Gasteiger partial charge on any atom is 0.155 e. The van der Waals surface area contributed by atoms with Crippen LogP contribution in [0.3, 0.4) is 0 Å². The molecule has 0 radical (unpaired) electrons. The summed E-state index contributed by atoms with van der Waals surface area (Å²) in [6.07, 6.45) is 3.50. The van der Waals surface area contributed by atoms with Crippen LogP contribution in [0, 0.1) is 0 Å². The lowest BCUT2D eigenvalue weighted by atomic mass is 10.5. The molecule has 0 saturated carbocycles. The Kier molecular flexibility index (Phi) is 2.91. The highest BCUT2D eigenvalue weighted by Crippen LogP contribution is 2.25. The first-order valence-electron chi connectivity index (χ1n) is 4.70. The Bertz CT molecular complexity index is 438. The molecule has 15 heavy (non-hydrogen) atoms. The Balaban J connectivity index is 2.38. The molecule has 2 N–H and O–H groups in total. The Labute approximate surface area is 92.5 Å². The second-order valence-corrected chi connectivity index (χ2v) is 4.23. The van der Waals surface area contributed by atoms with E-state index >= 15 is 0 Å². The predicted molar refractivity (Wildman–Crippen MR) is 62.2 cm³/mol. The minimum atomic E-state index is 0.653. The SMILES string of the molecule is CCSc1cnn(-c2ccccn2)c1N. The van der Waals surface area contributed by atoms with E-state index in [0.29, 0.717) is 5.82 Å². The van der Waals surface area contributed by atoms with Gasteiger partial charge in [-0.05, 0) is 17.9 Å². The standard InChI is InChI=1S/C10H12N4S/c1-2-15-8-7-13-14(10(8)11)9-5-3-4-6-12-9/h3-7H,2,11H2,1H3. The molecular formula is C10H12N4S. The number of nitrogens with two attached hydrogens (primary N) is 1. The summed E-state index contributed by atoms with van der Waals surface area (Å²) in [5.41, 5.74) is 5.96. The molecule has 0 aromatic carbocycles. The van der Waals surface area contributed by atoms with Crippen molar-refractivity contribution in [2.45, 2.75) is 11.8 Å². The fourth-order valence-electron chi connectivity index (χ4n) is 1.27. The van der Waals surface area contributed by atoms with Gasteiger partial charge in [-0.3, -0.25) is 0 Å². The van der Waals surface area contributed by atoms with Crippen LogP contribution in [0.15, 0.2) is 35.5 Å². The van der Waals surface area contributed by atoms with Crippen molar-refractivity contribution in [2.75, 3.05) is 11.5 Å². The van der Waals surface area contributed by atoms with Crippen molar-refractivity contribution in [1.82, 2.24) is 14.8 Å². The van der Waals surface area contributed by atoms with E-state index in [-0.39, 0.29) is 0 Å². The highest BCUT2D eigenvalue weighted by atomic mass is 32.2. The van der Waals surface area contributed by atoms with Crippen molar-refractivity contribution in [3.63, 3.8) is 0 Å². The minimum Gasteiger partial charge on any atom is -0.383 e. The molecule has 0 saturated heterocycles. The van der Waals surface area contributed by atoms with Crippen molar-refractivity contribution in [2.24, 2.45) is 0 Å². The Morgan fingerprint density at radius 1 is 1.47 bits per heavy atom. The average Bonchev–Trinajstić information content (AvgIpc) is 2.63. The van der Waals surface area contributed by atoms with Gasteiger partial charge >= 0.3 is 0 Å². The fraction of sp³-hybridized carbons (Fsp3) is 0.200. The Hall–Kier alpha value is -1.49. The first-order chi connectivity index (χ1) is 7.33. The summed E-state index contributed by atoms with van der Waals surface area (Å²) in [6.45, 7) is 2.09. The summed E-state index contributed by atoms with van der Waals surface area (Å²) in [5.74, 6) is 2.39. The Morgan fingerprint density at radius 2 is 2.33 bits per heavy atom. The maximum atomic E-state index is 5.96. The minimum absolute atomic E-state index is 0.653. The van der Waals surface area contributed by atoms with Crippen LogP contribution in [0.1, 0.15) is 6.92 Å². The predicted octanol–water partition coefficient (Wildman–Crippen LogP) is 1.96. The zero-order chi connectivity index (χ0) is 10.7. The van der Waals surface area contributed by atoms with Gasteiger partial charge in [0.1, 0.15) is 5.82 Å². The molecule has 0 bridgehead atoms. The molecule has 0 atom stereocenters. The normalized spacial score (nSPS) is 10.5. The third kappa shape index (κ3) is 1.97. The maximum absolute atomic E-state index is 5.96. The van der Waals surface area contributed by atoms with Crippen LogP contribution in [0.5, 0.6) is 0 Å². The molecule has 0 unspecified atom stereocenters. The topological polar surface area (TPSA) is 56.7 Å². The zero-order valence-corrected chi connectivity index (χ0v) is 9.24.